The van der Waals surface area contributed by atoms with Gasteiger partial charge in [0.15, 0.2) is 5.84 Å². The van der Waals surface area contributed by atoms with Crippen LogP contribution in [0, 0.1) is 16.7 Å². The van der Waals surface area contributed by atoms with Gasteiger partial charge in [-0.3, -0.25) is 20.4 Å². The van der Waals surface area contributed by atoms with Crippen LogP contribution in [0.25, 0.3) is 0 Å². The van der Waals surface area contributed by atoms with Crippen LogP contribution in [0.1, 0.15) is 20.7 Å². The maximum absolute atomic E-state index is 11.1. The van der Waals surface area contributed by atoms with Crippen LogP contribution in [0.15, 0.2) is 23.3 Å². The van der Waals surface area contributed by atoms with Crippen molar-refractivity contribution in [2.75, 3.05) is 5.43 Å². The lowest BCUT2D eigenvalue weighted by atomic mass is 10.1. The van der Waals surface area contributed by atoms with E-state index in [0.29, 0.717) is 0 Å². The van der Waals surface area contributed by atoms with Gasteiger partial charge in [0.05, 0.1) is 5.69 Å². The first-order valence-electron chi connectivity index (χ1n) is 5.18. The van der Waals surface area contributed by atoms with E-state index in [1.54, 1.807) is 6.07 Å². The number of amidine groups is 1. The third kappa shape index (κ3) is 3.54. The summed E-state index contributed by atoms with van der Waals surface area (Å²) >= 11 is 0. The van der Waals surface area contributed by atoms with Gasteiger partial charge in [-0.25, -0.2) is 0 Å². The maximum atomic E-state index is 11.1. The number of nitrogens with zero attached hydrogens (tertiary/aromatic N) is 2. The Kier molecular flexibility index (Phi) is 4.37. The van der Waals surface area contributed by atoms with Crippen LogP contribution < -0.4 is 22.6 Å². The number of carbonyl (C=O) groups excluding carboxylic acids is 2. The summed E-state index contributed by atoms with van der Waals surface area (Å²) < 4.78 is 0. The molecule has 20 heavy (non-hydrogen) atoms. The van der Waals surface area contributed by atoms with E-state index in [-0.39, 0.29) is 22.5 Å². The van der Waals surface area contributed by atoms with Crippen LogP contribution >= 0.6 is 0 Å². The molecule has 0 aliphatic heterocycles. The zero-order chi connectivity index (χ0) is 15.3. The van der Waals surface area contributed by atoms with Crippen molar-refractivity contribution in [1.29, 1.82) is 10.7 Å². The first-order chi connectivity index (χ1) is 9.35. The summed E-state index contributed by atoms with van der Waals surface area (Å²) in [5.41, 5.74) is 17.7. The van der Waals surface area contributed by atoms with Crippen LogP contribution in [0.5, 0.6) is 0 Å². The van der Waals surface area contributed by atoms with Crippen molar-refractivity contribution in [3.8, 4) is 6.07 Å². The van der Waals surface area contributed by atoms with Gasteiger partial charge in [-0.05, 0) is 18.2 Å². The molecule has 9 nitrogen and oxygen atoms in total. The second kappa shape index (κ2) is 5.96. The summed E-state index contributed by atoms with van der Waals surface area (Å²) in [6, 6.07) is 5.46. The Labute approximate surface area is 113 Å². The number of hydrogen-bond acceptors (Lipinski definition) is 6. The van der Waals surface area contributed by atoms with E-state index < -0.39 is 17.6 Å². The van der Waals surface area contributed by atoms with E-state index in [9.17, 15) is 9.59 Å². The van der Waals surface area contributed by atoms with E-state index in [2.05, 4.69) is 10.5 Å². The van der Waals surface area contributed by atoms with Gasteiger partial charge in [-0.2, -0.15) is 10.4 Å². The van der Waals surface area contributed by atoms with Crippen molar-refractivity contribution in [2.45, 2.75) is 0 Å². The largest absolute Gasteiger partial charge is 0.382 e. The van der Waals surface area contributed by atoms with Crippen molar-refractivity contribution in [3.63, 3.8) is 0 Å². The second-order valence-electron chi connectivity index (χ2n) is 3.63. The average Bonchev–Trinajstić information content (AvgIpc) is 2.38. The normalized spacial score (nSPS) is 10.4. The maximum Gasteiger partial charge on any atom is 0.248 e. The summed E-state index contributed by atoms with van der Waals surface area (Å²) in [6.07, 6.45) is 0. The number of primary amides is 2. The number of benzene rings is 1. The summed E-state index contributed by atoms with van der Waals surface area (Å²) in [4.78, 5) is 22.3. The van der Waals surface area contributed by atoms with E-state index in [1.165, 1.54) is 18.2 Å². The molecule has 8 N–H and O–H groups in total. The van der Waals surface area contributed by atoms with Crippen LogP contribution in [-0.2, 0) is 0 Å². The highest BCUT2D eigenvalue weighted by atomic mass is 16.1. The number of carbonyl (C=O) groups is 2. The van der Waals surface area contributed by atoms with Crippen LogP contribution in [-0.4, -0.2) is 23.4 Å². The third-order valence-electron chi connectivity index (χ3n) is 2.16. The fourth-order valence-electron chi connectivity index (χ4n) is 1.24. The molecule has 0 spiro atoms. The fraction of sp³-hybridized carbons (Fsp3) is 0. The molecule has 1 aromatic carbocycles. The molecule has 9 heteroatoms. The first kappa shape index (κ1) is 14.7. The Morgan fingerprint density at radius 2 is 1.65 bits per heavy atom. The number of hydrogen-bond donors (Lipinski definition) is 5. The molecule has 1 aromatic rings. The van der Waals surface area contributed by atoms with E-state index in [1.807, 2.05) is 0 Å². The molecule has 0 aliphatic carbocycles. The SMILES string of the molecule is N#C/C(=N\Nc1cc(C(N)=O)cc(C(N)=O)c1)C(=N)N. The number of rotatable bonds is 5. The zero-order valence-corrected chi connectivity index (χ0v) is 10.2. The molecular formula is C11H11N7O2. The number of anilines is 1. The van der Waals surface area contributed by atoms with Gasteiger partial charge in [0.1, 0.15) is 6.07 Å². The molecule has 0 bridgehead atoms. The number of nitriles is 1. The van der Waals surface area contributed by atoms with Gasteiger partial charge in [-0.1, -0.05) is 0 Å². The summed E-state index contributed by atoms with van der Waals surface area (Å²) in [5, 5.41) is 19.3. The third-order valence-corrected chi connectivity index (χ3v) is 2.16. The molecule has 0 aliphatic rings. The molecule has 0 heterocycles. The van der Waals surface area contributed by atoms with E-state index in [0.717, 1.165) is 0 Å². The molecule has 0 radical (unpaired) electrons. The Bertz CT molecular complexity index is 625. The van der Waals surface area contributed by atoms with Gasteiger partial charge >= 0.3 is 0 Å². The minimum Gasteiger partial charge on any atom is -0.382 e. The molecule has 2 amide bonds. The molecule has 0 unspecified atom stereocenters. The second-order valence-corrected chi connectivity index (χ2v) is 3.63. The molecular weight excluding hydrogens is 262 g/mol. The van der Waals surface area contributed by atoms with Crippen molar-refractivity contribution in [3.05, 3.63) is 29.3 Å². The van der Waals surface area contributed by atoms with Gasteiger partial charge in [0, 0.05) is 11.1 Å². The summed E-state index contributed by atoms with van der Waals surface area (Å²) in [5.74, 6) is -2.04. The molecule has 0 saturated heterocycles. The number of amides is 2. The average molecular weight is 273 g/mol. The van der Waals surface area contributed by atoms with Gasteiger partial charge in [-0.15, -0.1) is 0 Å². The minimum absolute atomic E-state index is 0.0420. The van der Waals surface area contributed by atoms with Crippen LogP contribution in [0.4, 0.5) is 5.69 Å². The van der Waals surface area contributed by atoms with Gasteiger partial charge in [0.25, 0.3) is 0 Å². The van der Waals surface area contributed by atoms with Crippen molar-refractivity contribution in [2.24, 2.45) is 22.3 Å². The lowest BCUT2D eigenvalue weighted by molar-refractivity contribution is 0.0999. The van der Waals surface area contributed by atoms with E-state index in [4.69, 9.17) is 27.9 Å². The van der Waals surface area contributed by atoms with Gasteiger partial charge < -0.3 is 17.2 Å². The van der Waals surface area contributed by atoms with Crippen LogP contribution in [0.2, 0.25) is 0 Å². The van der Waals surface area contributed by atoms with Crippen molar-refractivity contribution >= 4 is 29.0 Å². The molecule has 0 fully saturated rings. The van der Waals surface area contributed by atoms with Crippen molar-refractivity contribution in [1.82, 2.24) is 0 Å². The first-order valence-corrected chi connectivity index (χ1v) is 5.18. The molecule has 0 aromatic heterocycles. The fourth-order valence-corrected chi connectivity index (χ4v) is 1.24. The smallest absolute Gasteiger partial charge is 0.248 e. The number of nitrogens with one attached hydrogen (secondary N) is 2. The predicted molar refractivity (Wildman–Crippen MR) is 72.1 cm³/mol. The lowest BCUT2D eigenvalue weighted by Gasteiger charge is -2.06. The Hall–Kier alpha value is -3.41. The topological polar surface area (TPSA) is 184 Å². The van der Waals surface area contributed by atoms with Gasteiger partial charge in [0.2, 0.25) is 17.5 Å². The minimum atomic E-state index is -0.757. The quantitative estimate of drug-likeness (QED) is 0.264. The zero-order valence-electron chi connectivity index (χ0n) is 10.2. The molecule has 0 saturated carbocycles. The Balaban J connectivity index is 3.19. The number of hydrazone groups is 1. The Morgan fingerprint density at radius 3 is 2.00 bits per heavy atom. The standard InChI is InChI=1S/C11H11N7O2/c12-4-8(9(13)14)18-17-7-2-5(10(15)19)1-6(3-7)11(16)20/h1-3,17H,(H3,13,14)(H2,15,19)(H2,16,20)/b18-8+. The molecule has 0 atom stereocenters. The van der Waals surface area contributed by atoms with Crippen LogP contribution in [0.3, 0.4) is 0 Å². The summed E-state index contributed by atoms with van der Waals surface area (Å²) in [7, 11) is 0. The monoisotopic (exact) mass is 273 g/mol. The van der Waals surface area contributed by atoms with Crippen molar-refractivity contribution < 1.29 is 9.59 Å². The highest BCUT2D eigenvalue weighted by Gasteiger charge is 2.09. The molecule has 1 rings (SSSR count). The molecule has 102 valence electrons. The number of nitrogens with two attached hydrogens (primary N) is 3. The Morgan fingerprint density at radius 1 is 1.15 bits per heavy atom. The van der Waals surface area contributed by atoms with E-state index >= 15 is 0 Å². The highest BCUT2D eigenvalue weighted by Crippen LogP contribution is 2.14. The predicted octanol–water partition coefficient (Wildman–Crippen LogP) is -0.888. The lowest BCUT2D eigenvalue weighted by Crippen LogP contribution is -2.22. The summed E-state index contributed by atoms with van der Waals surface area (Å²) in [6.45, 7) is 0. The highest BCUT2D eigenvalue weighted by molar-refractivity contribution is 6.45.